The highest BCUT2D eigenvalue weighted by Gasteiger charge is 2.30. The highest BCUT2D eigenvalue weighted by atomic mass is 32.2. The zero-order valence-corrected chi connectivity index (χ0v) is 19.3. The topological polar surface area (TPSA) is 105 Å². The van der Waals surface area contributed by atoms with E-state index in [-0.39, 0.29) is 12.0 Å². The first-order valence-corrected chi connectivity index (χ1v) is 12.4. The summed E-state index contributed by atoms with van der Waals surface area (Å²) in [5.41, 5.74) is 1.98. The second-order valence-electron chi connectivity index (χ2n) is 7.95. The lowest BCUT2D eigenvalue weighted by Gasteiger charge is -2.28. The van der Waals surface area contributed by atoms with Crippen LogP contribution in [0.4, 0.5) is 11.4 Å². The van der Waals surface area contributed by atoms with E-state index in [0.717, 1.165) is 29.0 Å². The number of carbonyl (C=O) groups is 2. The molecule has 32 heavy (non-hydrogen) atoms. The first-order chi connectivity index (χ1) is 15.2. The Morgan fingerprint density at radius 2 is 1.84 bits per heavy atom. The van der Waals surface area contributed by atoms with Crippen LogP contribution in [0.15, 0.2) is 48.5 Å². The maximum Gasteiger partial charge on any atom is 0.253 e. The highest BCUT2D eigenvalue weighted by Crippen LogP contribution is 2.23. The Morgan fingerprint density at radius 1 is 1.16 bits per heavy atom. The van der Waals surface area contributed by atoms with Crippen molar-refractivity contribution < 1.29 is 22.7 Å². The molecular formula is C23H29N3O5S. The summed E-state index contributed by atoms with van der Waals surface area (Å²) in [6.45, 7) is 4.50. The van der Waals surface area contributed by atoms with Crippen LogP contribution < -0.4 is 14.9 Å². The van der Waals surface area contributed by atoms with Crippen molar-refractivity contribution >= 4 is 33.2 Å². The van der Waals surface area contributed by atoms with Crippen LogP contribution in [0.2, 0.25) is 0 Å². The predicted molar refractivity (Wildman–Crippen MR) is 124 cm³/mol. The van der Waals surface area contributed by atoms with Gasteiger partial charge >= 0.3 is 0 Å². The Balaban J connectivity index is 1.76. The molecular weight excluding hydrogens is 430 g/mol. The summed E-state index contributed by atoms with van der Waals surface area (Å²) in [5.74, 6) is -0.877. The van der Waals surface area contributed by atoms with Gasteiger partial charge < -0.3 is 15.4 Å². The van der Waals surface area contributed by atoms with E-state index in [1.165, 1.54) is 6.92 Å². The first kappa shape index (κ1) is 23.7. The zero-order valence-electron chi connectivity index (χ0n) is 18.5. The SMILES string of the molecule is Cc1ccc(N([C@@H](C)C(=O)Nc2ccccc2C(=O)NC[C@H]2CCCO2)S(C)(=O)=O)cc1. The first-order valence-electron chi connectivity index (χ1n) is 10.5. The third kappa shape index (κ3) is 5.86. The number of carbonyl (C=O) groups excluding carboxylic acids is 2. The molecule has 2 aromatic rings. The molecule has 1 aliphatic heterocycles. The van der Waals surface area contributed by atoms with Crippen molar-refractivity contribution in [3.8, 4) is 0 Å². The number of benzene rings is 2. The fourth-order valence-corrected chi connectivity index (χ4v) is 4.81. The molecule has 0 spiro atoms. The van der Waals surface area contributed by atoms with Gasteiger partial charge in [0.2, 0.25) is 15.9 Å². The Morgan fingerprint density at radius 3 is 2.47 bits per heavy atom. The summed E-state index contributed by atoms with van der Waals surface area (Å²) in [4.78, 5) is 25.7. The second-order valence-corrected chi connectivity index (χ2v) is 9.81. The van der Waals surface area contributed by atoms with Crippen molar-refractivity contribution in [2.45, 2.75) is 38.8 Å². The minimum absolute atomic E-state index is 0.00134. The molecule has 0 bridgehead atoms. The maximum absolute atomic E-state index is 13.0. The number of para-hydroxylation sites is 1. The van der Waals surface area contributed by atoms with Crippen molar-refractivity contribution in [2.75, 3.05) is 29.0 Å². The Hall–Kier alpha value is -2.91. The molecule has 0 aromatic heterocycles. The number of rotatable bonds is 8. The van der Waals surface area contributed by atoms with E-state index in [1.807, 2.05) is 6.92 Å². The van der Waals surface area contributed by atoms with Crippen LogP contribution in [0.3, 0.4) is 0 Å². The van der Waals surface area contributed by atoms with Crippen LogP contribution in [0.25, 0.3) is 0 Å². The van der Waals surface area contributed by atoms with Gasteiger partial charge in [-0.25, -0.2) is 8.42 Å². The monoisotopic (exact) mass is 459 g/mol. The average molecular weight is 460 g/mol. The van der Waals surface area contributed by atoms with Crippen molar-refractivity contribution in [3.05, 3.63) is 59.7 Å². The van der Waals surface area contributed by atoms with Gasteiger partial charge in [0.25, 0.3) is 5.91 Å². The molecule has 2 N–H and O–H groups in total. The zero-order chi connectivity index (χ0) is 23.3. The lowest BCUT2D eigenvalue weighted by Crippen LogP contribution is -2.45. The van der Waals surface area contributed by atoms with Crippen LogP contribution in [0.1, 0.15) is 35.7 Å². The Kier molecular flexibility index (Phi) is 7.52. The molecule has 8 nitrogen and oxygen atoms in total. The van der Waals surface area contributed by atoms with Crippen LogP contribution in [0, 0.1) is 6.92 Å². The fraction of sp³-hybridized carbons (Fsp3) is 0.391. The molecule has 9 heteroatoms. The maximum atomic E-state index is 13.0. The number of aryl methyl sites for hydroxylation is 1. The van der Waals surface area contributed by atoms with Gasteiger partial charge in [0.05, 0.1) is 29.3 Å². The van der Waals surface area contributed by atoms with Crippen molar-refractivity contribution in [1.29, 1.82) is 0 Å². The van der Waals surface area contributed by atoms with E-state index >= 15 is 0 Å². The number of hydrogen-bond donors (Lipinski definition) is 2. The molecule has 2 atom stereocenters. The van der Waals surface area contributed by atoms with Gasteiger partial charge in [0.1, 0.15) is 6.04 Å². The number of nitrogens with zero attached hydrogens (tertiary/aromatic N) is 1. The summed E-state index contributed by atoms with van der Waals surface area (Å²) in [7, 11) is -3.73. The van der Waals surface area contributed by atoms with Crippen LogP contribution in [0.5, 0.6) is 0 Å². The Bertz CT molecular complexity index is 1060. The largest absolute Gasteiger partial charge is 0.376 e. The number of ether oxygens (including phenoxy) is 1. The molecule has 0 aliphatic carbocycles. The molecule has 2 amide bonds. The molecule has 1 heterocycles. The standard InChI is InChI=1S/C23H29N3O5S/c1-16-10-12-18(13-11-16)26(32(3,29)30)17(2)22(27)25-21-9-5-4-8-20(21)23(28)24-15-19-7-6-14-31-19/h4-5,8-13,17,19H,6-7,14-15H2,1-3H3,(H,24,28)(H,25,27)/t17-,19+/m0/s1. The summed E-state index contributed by atoms with van der Waals surface area (Å²) in [5, 5.41) is 5.56. The summed E-state index contributed by atoms with van der Waals surface area (Å²) in [6.07, 6.45) is 2.93. The molecule has 0 saturated carbocycles. The summed E-state index contributed by atoms with van der Waals surface area (Å²) in [6, 6.07) is 12.5. The smallest absolute Gasteiger partial charge is 0.253 e. The van der Waals surface area contributed by atoms with E-state index < -0.39 is 22.0 Å². The van der Waals surface area contributed by atoms with Gasteiger partial charge in [-0.05, 0) is 51.0 Å². The number of hydrogen-bond acceptors (Lipinski definition) is 5. The van der Waals surface area contributed by atoms with E-state index in [9.17, 15) is 18.0 Å². The van der Waals surface area contributed by atoms with Crippen LogP contribution >= 0.6 is 0 Å². The number of nitrogens with one attached hydrogen (secondary N) is 2. The lowest BCUT2D eigenvalue weighted by molar-refractivity contribution is -0.116. The average Bonchev–Trinajstić information content (AvgIpc) is 3.26. The van der Waals surface area contributed by atoms with Gasteiger partial charge in [0, 0.05) is 13.2 Å². The molecule has 172 valence electrons. The molecule has 0 unspecified atom stereocenters. The minimum Gasteiger partial charge on any atom is -0.376 e. The van der Waals surface area contributed by atoms with Gasteiger partial charge in [0.15, 0.2) is 0 Å². The third-order valence-corrected chi connectivity index (χ3v) is 6.56. The number of amides is 2. The van der Waals surface area contributed by atoms with E-state index in [4.69, 9.17) is 4.74 Å². The van der Waals surface area contributed by atoms with Crippen molar-refractivity contribution in [1.82, 2.24) is 5.32 Å². The molecule has 0 radical (unpaired) electrons. The molecule has 1 saturated heterocycles. The molecule has 1 aliphatic rings. The van der Waals surface area contributed by atoms with E-state index in [2.05, 4.69) is 10.6 Å². The highest BCUT2D eigenvalue weighted by molar-refractivity contribution is 7.92. The number of anilines is 2. The van der Waals surface area contributed by atoms with Gasteiger partial charge in [-0.15, -0.1) is 0 Å². The van der Waals surface area contributed by atoms with E-state index in [0.29, 0.717) is 30.1 Å². The van der Waals surface area contributed by atoms with Crippen LogP contribution in [-0.4, -0.2) is 51.8 Å². The predicted octanol–water partition coefficient (Wildman–Crippen LogP) is 2.70. The fourth-order valence-electron chi connectivity index (χ4n) is 3.63. The summed E-state index contributed by atoms with van der Waals surface area (Å²) >= 11 is 0. The third-order valence-electron chi connectivity index (χ3n) is 5.32. The normalized spacial score (nSPS) is 16.9. The van der Waals surface area contributed by atoms with E-state index in [1.54, 1.807) is 48.5 Å². The van der Waals surface area contributed by atoms with Crippen molar-refractivity contribution in [3.63, 3.8) is 0 Å². The van der Waals surface area contributed by atoms with Crippen molar-refractivity contribution in [2.24, 2.45) is 0 Å². The Labute approximate surface area is 189 Å². The van der Waals surface area contributed by atoms with Gasteiger partial charge in [-0.1, -0.05) is 29.8 Å². The van der Waals surface area contributed by atoms with Gasteiger partial charge in [-0.2, -0.15) is 0 Å². The van der Waals surface area contributed by atoms with Gasteiger partial charge in [-0.3, -0.25) is 13.9 Å². The lowest BCUT2D eigenvalue weighted by atomic mass is 10.1. The molecule has 1 fully saturated rings. The van der Waals surface area contributed by atoms with Crippen LogP contribution in [-0.2, 0) is 19.6 Å². The summed E-state index contributed by atoms with van der Waals surface area (Å²) < 4.78 is 31.5. The molecule has 3 rings (SSSR count). The second kappa shape index (κ2) is 10.1. The minimum atomic E-state index is -3.73. The quantitative estimate of drug-likeness (QED) is 0.632. The number of sulfonamides is 1. The molecule has 2 aromatic carbocycles.